The van der Waals surface area contributed by atoms with E-state index in [-0.39, 0.29) is 23.1 Å². The van der Waals surface area contributed by atoms with Gasteiger partial charge >= 0.3 is 0 Å². The average Bonchev–Trinajstić information content (AvgIpc) is 3.14. The van der Waals surface area contributed by atoms with Gasteiger partial charge in [0.1, 0.15) is 11.5 Å². The number of benzene rings is 2. The maximum atomic E-state index is 12.6. The highest BCUT2D eigenvalue weighted by Crippen LogP contribution is 2.24. The molecule has 9 nitrogen and oxygen atoms in total. The highest BCUT2D eigenvalue weighted by molar-refractivity contribution is 6.15. The third kappa shape index (κ3) is 3.51. The van der Waals surface area contributed by atoms with Gasteiger partial charge in [-0.25, -0.2) is 4.98 Å². The van der Waals surface area contributed by atoms with Gasteiger partial charge in [-0.15, -0.1) is 4.91 Å². The predicted molar refractivity (Wildman–Crippen MR) is 112 cm³/mol. The van der Waals surface area contributed by atoms with Crippen LogP contribution in [0.2, 0.25) is 0 Å². The average molecular weight is 400 g/mol. The lowest BCUT2D eigenvalue weighted by atomic mass is 10.0. The van der Waals surface area contributed by atoms with Gasteiger partial charge in [0.2, 0.25) is 0 Å². The van der Waals surface area contributed by atoms with E-state index in [1.807, 2.05) is 0 Å². The third-order valence-corrected chi connectivity index (χ3v) is 4.76. The molecule has 0 saturated carbocycles. The lowest BCUT2D eigenvalue weighted by molar-refractivity contribution is 0.0965. The number of nitrogens with zero attached hydrogens (tertiary/aromatic N) is 2. The van der Waals surface area contributed by atoms with E-state index < -0.39 is 5.91 Å². The molecule has 2 aromatic carbocycles. The Bertz CT molecular complexity index is 1220. The summed E-state index contributed by atoms with van der Waals surface area (Å²) < 4.78 is 0. The van der Waals surface area contributed by atoms with Crippen LogP contribution in [-0.2, 0) is 6.54 Å². The smallest absolute Gasteiger partial charge is 0.256 e. The van der Waals surface area contributed by atoms with Crippen molar-refractivity contribution in [2.24, 2.45) is 5.18 Å². The lowest BCUT2D eigenvalue weighted by Gasteiger charge is -2.10. The minimum Gasteiger partial charge on any atom is -0.398 e. The molecule has 2 amide bonds. The van der Waals surface area contributed by atoms with E-state index in [1.54, 1.807) is 18.2 Å². The molecule has 1 aliphatic rings. The second kappa shape index (κ2) is 7.55. The number of carbonyl (C=O) groups excluding carboxylic acids is 2. The van der Waals surface area contributed by atoms with E-state index in [4.69, 9.17) is 11.1 Å². The zero-order valence-electron chi connectivity index (χ0n) is 15.6. The van der Waals surface area contributed by atoms with Crippen LogP contribution in [0.5, 0.6) is 0 Å². The number of nitrogens with one attached hydrogen (secondary N) is 3. The fourth-order valence-electron chi connectivity index (χ4n) is 3.17. The number of anilines is 2. The fourth-order valence-corrected chi connectivity index (χ4v) is 3.17. The minimum atomic E-state index is -0.430. The van der Waals surface area contributed by atoms with Gasteiger partial charge in [-0.3, -0.25) is 15.0 Å². The van der Waals surface area contributed by atoms with Crippen LogP contribution in [0.25, 0.3) is 0 Å². The standard InChI is InChI=1S/C21H16N6O3/c22-17-4-3-14(27-30)9-16(17)19(23)11-5-6-24-18(8-11)26-20(28)12-1-2-13-10-25-21(29)15(13)7-12/h1-9,23H,10,22H2,(H,25,29)(H,24,26,28). The Morgan fingerprint density at radius 1 is 1.13 bits per heavy atom. The molecule has 0 unspecified atom stereocenters. The number of nitroso groups, excluding NO2 is 1. The molecule has 3 aromatic rings. The van der Waals surface area contributed by atoms with E-state index in [1.165, 1.54) is 36.5 Å². The number of nitrogens with two attached hydrogens (primary N) is 1. The molecule has 4 rings (SSSR count). The molecule has 0 fully saturated rings. The second-order valence-corrected chi connectivity index (χ2v) is 6.68. The zero-order valence-corrected chi connectivity index (χ0v) is 15.6. The molecular weight excluding hydrogens is 384 g/mol. The molecular formula is C21H16N6O3. The summed E-state index contributed by atoms with van der Waals surface area (Å²) in [4.78, 5) is 39.3. The molecule has 0 radical (unpaired) electrons. The van der Waals surface area contributed by atoms with Gasteiger partial charge in [0.25, 0.3) is 11.8 Å². The van der Waals surface area contributed by atoms with Crippen molar-refractivity contribution in [3.05, 3.63) is 87.5 Å². The van der Waals surface area contributed by atoms with E-state index in [9.17, 15) is 14.5 Å². The summed E-state index contributed by atoms with van der Waals surface area (Å²) in [5, 5.41) is 16.7. The molecule has 0 saturated heterocycles. The Morgan fingerprint density at radius 2 is 1.97 bits per heavy atom. The first kappa shape index (κ1) is 18.9. The summed E-state index contributed by atoms with van der Waals surface area (Å²) in [5.74, 6) is -0.409. The predicted octanol–water partition coefficient (Wildman–Crippen LogP) is 2.97. The monoisotopic (exact) mass is 400 g/mol. The third-order valence-electron chi connectivity index (χ3n) is 4.76. The van der Waals surface area contributed by atoms with Crippen molar-refractivity contribution in [2.45, 2.75) is 6.54 Å². The Morgan fingerprint density at radius 3 is 2.77 bits per heavy atom. The van der Waals surface area contributed by atoms with Crippen LogP contribution >= 0.6 is 0 Å². The molecule has 0 spiro atoms. The van der Waals surface area contributed by atoms with Crippen molar-refractivity contribution in [2.75, 3.05) is 11.1 Å². The van der Waals surface area contributed by atoms with Gasteiger partial charge in [0.05, 0.1) is 5.71 Å². The van der Waals surface area contributed by atoms with Crippen LogP contribution < -0.4 is 16.4 Å². The normalized spacial score (nSPS) is 12.1. The van der Waals surface area contributed by atoms with Gasteiger partial charge < -0.3 is 16.4 Å². The first-order chi connectivity index (χ1) is 14.5. The summed E-state index contributed by atoms with van der Waals surface area (Å²) in [6, 6.07) is 12.4. The first-order valence-electron chi connectivity index (χ1n) is 8.97. The number of nitrogen functional groups attached to an aromatic ring is 1. The van der Waals surface area contributed by atoms with Crippen LogP contribution in [0.1, 0.15) is 37.4 Å². The summed E-state index contributed by atoms with van der Waals surface area (Å²) in [5.41, 5.74) is 8.91. The molecule has 1 aliphatic heterocycles. The molecule has 9 heteroatoms. The van der Waals surface area contributed by atoms with Crippen LogP contribution in [0.15, 0.2) is 59.9 Å². The summed E-state index contributed by atoms with van der Waals surface area (Å²) in [6.07, 6.45) is 1.45. The Balaban J connectivity index is 1.58. The molecule has 2 heterocycles. The summed E-state index contributed by atoms with van der Waals surface area (Å²) >= 11 is 0. The number of amides is 2. The van der Waals surface area contributed by atoms with E-state index in [0.717, 1.165) is 5.56 Å². The molecule has 30 heavy (non-hydrogen) atoms. The number of hydrogen-bond donors (Lipinski definition) is 4. The fraction of sp³-hybridized carbons (Fsp3) is 0.0476. The van der Waals surface area contributed by atoms with Crippen LogP contribution in [0, 0.1) is 10.3 Å². The summed E-state index contributed by atoms with van der Waals surface area (Å²) in [6.45, 7) is 0.450. The molecule has 148 valence electrons. The van der Waals surface area contributed by atoms with Crippen molar-refractivity contribution in [3.63, 3.8) is 0 Å². The second-order valence-electron chi connectivity index (χ2n) is 6.68. The maximum absolute atomic E-state index is 12.6. The van der Waals surface area contributed by atoms with Crippen LogP contribution in [-0.4, -0.2) is 22.5 Å². The molecule has 1 aromatic heterocycles. The number of fused-ring (bicyclic) bond motifs is 1. The SMILES string of the molecule is N=C(c1ccnc(NC(=O)c2ccc3c(c2)C(=O)NC3)c1)c1cc(N=O)ccc1N. The van der Waals surface area contributed by atoms with Crippen molar-refractivity contribution < 1.29 is 9.59 Å². The van der Waals surface area contributed by atoms with Gasteiger partial charge in [-0.1, -0.05) is 6.07 Å². The van der Waals surface area contributed by atoms with Crippen molar-refractivity contribution in [3.8, 4) is 0 Å². The topological polar surface area (TPSA) is 150 Å². The number of hydrogen-bond acceptors (Lipinski definition) is 7. The Kier molecular flexibility index (Phi) is 4.77. The van der Waals surface area contributed by atoms with Crippen LogP contribution in [0.3, 0.4) is 0 Å². The maximum Gasteiger partial charge on any atom is 0.256 e. The van der Waals surface area contributed by atoms with Crippen molar-refractivity contribution >= 4 is 34.7 Å². The van der Waals surface area contributed by atoms with E-state index >= 15 is 0 Å². The zero-order chi connectivity index (χ0) is 21.3. The lowest BCUT2D eigenvalue weighted by Crippen LogP contribution is -2.15. The number of carbonyl (C=O) groups is 2. The van der Waals surface area contributed by atoms with Gasteiger partial charge in [-0.05, 0) is 53.2 Å². The molecule has 0 atom stereocenters. The first-order valence-corrected chi connectivity index (χ1v) is 8.97. The molecule has 0 bridgehead atoms. The minimum absolute atomic E-state index is 0.0603. The van der Waals surface area contributed by atoms with Gasteiger partial charge in [0.15, 0.2) is 0 Å². The van der Waals surface area contributed by atoms with Gasteiger partial charge in [0, 0.05) is 40.7 Å². The van der Waals surface area contributed by atoms with Gasteiger partial charge in [-0.2, -0.15) is 0 Å². The quantitative estimate of drug-likeness (QED) is 0.295. The number of pyridine rings is 1. The highest BCUT2D eigenvalue weighted by atomic mass is 16.3. The molecule has 5 N–H and O–H groups in total. The van der Waals surface area contributed by atoms with E-state index in [0.29, 0.717) is 34.5 Å². The van der Waals surface area contributed by atoms with Crippen LogP contribution in [0.4, 0.5) is 17.2 Å². The van der Waals surface area contributed by atoms with Crippen molar-refractivity contribution in [1.82, 2.24) is 10.3 Å². The highest BCUT2D eigenvalue weighted by Gasteiger charge is 2.20. The van der Waals surface area contributed by atoms with E-state index in [2.05, 4.69) is 20.8 Å². The molecule has 0 aliphatic carbocycles. The summed E-state index contributed by atoms with van der Waals surface area (Å²) in [7, 11) is 0. The number of rotatable bonds is 5. The largest absolute Gasteiger partial charge is 0.398 e. The Hall–Kier alpha value is -4.40. The van der Waals surface area contributed by atoms with Crippen molar-refractivity contribution in [1.29, 1.82) is 5.41 Å². The number of aromatic nitrogens is 1. The Labute approximate surface area is 170 Å².